The Morgan fingerprint density at radius 1 is 1.28 bits per heavy atom. The molecule has 2 saturated heterocycles. The molecule has 0 saturated carbocycles. The molecule has 2 fully saturated rings. The van der Waals surface area contributed by atoms with Crippen molar-refractivity contribution in [1.82, 2.24) is 30.8 Å². The summed E-state index contributed by atoms with van der Waals surface area (Å²) in [5.41, 5.74) is 6.74. The van der Waals surface area contributed by atoms with Crippen LogP contribution in [0.5, 0.6) is 0 Å². The third kappa shape index (κ3) is 3.95. The first kappa shape index (κ1) is 24.5. The number of tetrazole rings is 1. The van der Waals surface area contributed by atoms with Gasteiger partial charge in [-0.25, -0.2) is 0 Å². The molecule has 0 aliphatic carbocycles. The zero-order chi connectivity index (χ0) is 18.5. The first-order valence-electron chi connectivity index (χ1n) is 8.24. The molecule has 12 nitrogen and oxygen atoms in total. The van der Waals surface area contributed by atoms with Crippen molar-refractivity contribution in [3.05, 3.63) is 41.7 Å². The fraction of sp³-hybridized carbons (Fsp3) is 0.438. The van der Waals surface area contributed by atoms with Gasteiger partial charge in [-0.15, -0.1) is 22.0 Å². The minimum atomic E-state index is -0.814. The van der Waals surface area contributed by atoms with Crippen LogP contribution in [0.4, 0.5) is 0 Å². The number of aromatic amines is 1. The number of hydrogen-bond acceptors (Lipinski definition) is 7. The number of H-pyrrole nitrogens is 1. The predicted molar refractivity (Wildman–Crippen MR) is 105 cm³/mol. The number of nitrogens with two attached hydrogens (primary N) is 1. The lowest BCUT2D eigenvalue weighted by atomic mass is 9.95. The molecule has 1 aromatic carbocycles. The van der Waals surface area contributed by atoms with Gasteiger partial charge in [0.05, 0.1) is 0 Å². The maximum absolute atomic E-state index is 12.7. The lowest BCUT2D eigenvalue weighted by Gasteiger charge is -2.44. The van der Waals surface area contributed by atoms with E-state index in [4.69, 9.17) is 5.73 Å². The summed E-state index contributed by atoms with van der Waals surface area (Å²) in [6.45, 7) is 4.05. The molecule has 0 spiro atoms. The summed E-state index contributed by atoms with van der Waals surface area (Å²) < 4.78 is -0.300. The minimum absolute atomic E-state index is 0. The Hall–Kier alpha value is -2.58. The number of thioether (sulfide) groups is 1. The van der Waals surface area contributed by atoms with Crippen LogP contribution < -0.4 is 11.1 Å². The van der Waals surface area contributed by atoms with Crippen molar-refractivity contribution in [1.29, 1.82) is 0 Å². The SMILES string of the molecule is CC1(C)S[C@@H]2C(NC(=O)[C@H](N)c3ccccc3)C(=O)N2C1c1nn[nH]n1.O.O.O. The quantitative estimate of drug-likeness (QED) is 0.449. The lowest BCUT2D eigenvalue weighted by molar-refractivity contribution is -0.152. The molecule has 2 aliphatic heterocycles. The summed E-state index contributed by atoms with van der Waals surface area (Å²) in [6, 6.07) is 7.38. The molecular weight excluding hydrogens is 402 g/mol. The zero-order valence-corrected chi connectivity index (χ0v) is 16.6. The van der Waals surface area contributed by atoms with Crippen LogP contribution in [0.2, 0.25) is 0 Å². The molecule has 10 N–H and O–H groups in total. The van der Waals surface area contributed by atoms with Gasteiger partial charge in [0, 0.05) is 4.75 Å². The van der Waals surface area contributed by atoms with Crippen LogP contribution in [-0.2, 0) is 9.59 Å². The number of hydrogen-bond donors (Lipinski definition) is 3. The first-order chi connectivity index (χ1) is 12.4. The van der Waals surface area contributed by atoms with E-state index < -0.39 is 12.1 Å². The molecule has 2 amide bonds. The number of β-lactam (4-membered cyclic amide) rings is 1. The van der Waals surface area contributed by atoms with Crippen LogP contribution in [0.15, 0.2) is 30.3 Å². The Morgan fingerprint density at radius 2 is 1.93 bits per heavy atom. The summed E-state index contributed by atoms with van der Waals surface area (Å²) in [7, 11) is 0. The Labute approximate surface area is 170 Å². The summed E-state index contributed by atoms with van der Waals surface area (Å²) in [6.07, 6.45) is 0. The van der Waals surface area contributed by atoms with Crippen molar-refractivity contribution < 1.29 is 26.0 Å². The van der Waals surface area contributed by atoms with E-state index in [9.17, 15) is 9.59 Å². The molecule has 0 radical (unpaired) electrons. The van der Waals surface area contributed by atoms with E-state index >= 15 is 0 Å². The largest absolute Gasteiger partial charge is 0.412 e. The van der Waals surface area contributed by atoms with E-state index in [1.807, 2.05) is 32.0 Å². The Morgan fingerprint density at radius 3 is 2.52 bits per heavy atom. The summed E-state index contributed by atoms with van der Waals surface area (Å²) in [5.74, 6) is -0.0452. The molecule has 1 aromatic heterocycles. The minimum Gasteiger partial charge on any atom is -0.412 e. The van der Waals surface area contributed by atoms with E-state index in [1.165, 1.54) is 0 Å². The fourth-order valence-electron chi connectivity index (χ4n) is 3.50. The maximum atomic E-state index is 12.7. The van der Waals surface area contributed by atoms with Crippen molar-refractivity contribution in [3.63, 3.8) is 0 Å². The average molecular weight is 427 g/mol. The van der Waals surface area contributed by atoms with Crippen molar-refractivity contribution in [3.8, 4) is 0 Å². The highest BCUT2D eigenvalue weighted by molar-refractivity contribution is 8.01. The zero-order valence-electron chi connectivity index (χ0n) is 15.8. The number of aromatic nitrogens is 4. The Balaban J connectivity index is 0.00000140. The molecule has 4 rings (SSSR count). The van der Waals surface area contributed by atoms with E-state index in [0.717, 1.165) is 0 Å². The van der Waals surface area contributed by atoms with Crippen LogP contribution in [0.25, 0.3) is 0 Å². The van der Waals surface area contributed by atoms with E-state index in [0.29, 0.717) is 11.4 Å². The molecule has 2 unspecified atom stereocenters. The second-order valence-corrected chi connectivity index (χ2v) is 8.68. The third-order valence-corrected chi connectivity index (χ3v) is 6.36. The van der Waals surface area contributed by atoms with E-state index in [2.05, 4.69) is 25.9 Å². The second-order valence-electron chi connectivity index (χ2n) is 6.90. The number of rotatable bonds is 4. The van der Waals surface area contributed by atoms with Gasteiger partial charge in [0.2, 0.25) is 11.8 Å². The lowest BCUT2D eigenvalue weighted by Crippen LogP contribution is -2.68. The van der Waals surface area contributed by atoms with Gasteiger partial charge >= 0.3 is 0 Å². The second kappa shape index (κ2) is 8.84. The van der Waals surface area contributed by atoms with E-state index in [-0.39, 0.29) is 44.4 Å². The van der Waals surface area contributed by atoms with Gasteiger partial charge in [-0.2, -0.15) is 5.21 Å². The highest BCUT2D eigenvalue weighted by Crippen LogP contribution is 2.56. The first-order valence-corrected chi connectivity index (χ1v) is 9.12. The normalized spacial score (nSPS) is 24.7. The van der Waals surface area contributed by atoms with Gasteiger partial charge in [0.25, 0.3) is 0 Å². The van der Waals surface area contributed by atoms with Gasteiger partial charge in [-0.1, -0.05) is 35.5 Å². The van der Waals surface area contributed by atoms with Crippen molar-refractivity contribution in [2.24, 2.45) is 5.73 Å². The van der Waals surface area contributed by atoms with Crippen molar-refractivity contribution in [2.45, 2.75) is 42.1 Å². The van der Waals surface area contributed by atoms with Crippen LogP contribution in [0, 0.1) is 0 Å². The standard InChI is InChI=1S/C16H19N7O2S.3H2O/c1-16(2)11(12-19-21-22-20-12)23-14(25)10(15(23)26-16)18-13(24)9(17)8-6-4-3-5-7-8;;;/h3-7,9-11,15H,17H2,1-2H3,(H,18,24)(H,19,20,21,22);3*1H2/t9-,10?,11?,15-;;;/m1.../s1. The van der Waals surface area contributed by atoms with Gasteiger partial charge < -0.3 is 32.4 Å². The van der Waals surface area contributed by atoms with Crippen molar-refractivity contribution >= 4 is 23.6 Å². The molecule has 0 bridgehead atoms. The molecule has 4 atom stereocenters. The highest BCUT2D eigenvalue weighted by atomic mass is 32.2. The number of amides is 2. The van der Waals surface area contributed by atoms with Crippen LogP contribution in [0.1, 0.15) is 37.3 Å². The van der Waals surface area contributed by atoms with Crippen LogP contribution in [0.3, 0.4) is 0 Å². The maximum Gasteiger partial charge on any atom is 0.249 e. The molecule has 2 aliphatic rings. The number of benzene rings is 1. The number of nitrogens with one attached hydrogen (secondary N) is 2. The molecular formula is C16H25N7O5S. The van der Waals surface area contributed by atoms with Gasteiger partial charge in [0.15, 0.2) is 5.82 Å². The monoisotopic (exact) mass is 427 g/mol. The van der Waals surface area contributed by atoms with Crippen LogP contribution in [-0.4, -0.2) is 69.9 Å². The highest BCUT2D eigenvalue weighted by Gasteiger charge is 2.63. The van der Waals surface area contributed by atoms with Crippen molar-refractivity contribution in [2.75, 3.05) is 0 Å². The van der Waals surface area contributed by atoms with Gasteiger partial charge in [-0.05, 0) is 19.4 Å². The van der Waals surface area contributed by atoms with Crippen LogP contribution >= 0.6 is 11.8 Å². The number of fused-ring (bicyclic) bond motifs is 1. The van der Waals surface area contributed by atoms with Gasteiger partial charge in [-0.3, -0.25) is 9.59 Å². The average Bonchev–Trinajstić information content (AvgIpc) is 3.23. The Kier molecular flexibility index (Phi) is 7.45. The number of carbonyl (C=O) groups is 2. The summed E-state index contributed by atoms with van der Waals surface area (Å²) >= 11 is 1.61. The predicted octanol–water partition coefficient (Wildman–Crippen LogP) is -2.35. The number of nitrogens with zero attached hydrogens (tertiary/aromatic N) is 4. The smallest absolute Gasteiger partial charge is 0.249 e. The summed E-state index contributed by atoms with van der Waals surface area (Å²) in [4.78, 5) is 26.9. The molecule has 2 aromatic rings. The third-order valence-electron chi connectivity index (χ3n) is 4.79. The molecule has 3 heterocycles. The summed E-state index contributed by atoms with van der Waals surface area (Å²) in [5, 5.41) is 16.7. The Bertz CT molecular complexity index is 835. The van der Waals surface area contributed by atoms with E-state index in [1.54, 1.807) is 28.8 Å². The van der Waals surface area contributed by atoms with Gasteiger partial charge in [0.1, 0.15) is 23.5 Å². The fourth-order valence-corrected chi connectivity index (χ4v) is 5.13. The molecule has 29 heavy (non-hydrogen) atoms. The topological polar surface area (TPSA) is 224 Å². The molecule has 160 valence electrons. The number of carbonyl (C=O) groups excluding carboxylic acids is 2. The molecule has 13 heteroatoms.